The molecule has 0 radical (unpaired) electrons. The molecule has 0 saturated carbocycles. The molecule has 0 aliphatic carbocycles. The van der Waals surface area contributed by atoms with Crippen LogP contribution in [0.25, 0.3) is 0 Å². The van der Waals surface area contributed by atoms with Crippen LogP contribution < -0.4 is 25.8 Å². The van der Waals surface area contributed by atoms with E-state index >= 15 is 4.39 Å². The lowest BCUT2D eigenvalue weighted by molar-refractivity contribution is -0.133. The second kappa shape index (κ2) is 12.9. The lowest BCUT2D eigenvalue weighted by Gasteiger charge is -2.31. The molecule has 0 bridgehead atoms. The number of benzene rings is 3. The third-order valence-electron chi connectivity index (χ3n) is 7.23. The number of rotatable bonds is 10. The van der Waals surface area contributed by atoms with Gasteiger partial charge in [-0.15, -0.1) is 0 Å². The summed E-state index contributed by atoms with van der Waals surface area (Å²) in [6, 6.07) is 8.28. The minimum absolute atomic E-state index is 0.0115. The number of sulfone groups is 1. The van der Waals surface area contributed by atoms with Crippen LogP contribution >= 0.6 is 0 Å². The number of primary amides is 1. The fourth-order valence-electron chi connectivity index (χ4n) is 5.27. The Morgan fingerprint density at radius 3 is 2.32 bits per heavy atom. The Bertz CT molecular complexity index is 1730. The van der Waals surface area contributed by atoms with Gasteiger partial charge in [-0.05, 0) is 60.4 Å². The third-order valence-corrected chi connectivity index (χ3v) is 8.41. The quantitative estimate of drug-likeness (QED) is 0.304. The lowest BCUT2D eigenvalue weighted by atomic mass is 10.00. The van der Waals surface area contributed by atoms with Crippen molar-refractivity contribution in [1.29, 1.82) is 0 Å². The Labute approximate surface area is 253 Å². The molecule has 14 heteroatoms. The largest absolute Gasteiger partial charge is 0.493 e. The number of hydrogen-bond donors (Lipinski definition) is 3. The number of carbonyl (C=O) groups is 3. The van der Waals surface area contributed by atoms with Crippen molar-refractivity contribution in [2.75, 3.05) is 37.7 Å². The van der Waals surface area contributed by atoms with Gasteiger partial charge in [-0.3, -0.25) is 14.4 Å². The summed E-state index contributed by atoms with van der Waals surface area (Å²) in [5, 5.41) is 5.43. The molecule has 1 heterocycles. The maximum atomic E-state index is 15.0. The normalized spacial score (nSPS) is 15.4. The van der Waals surface area contributed by atoms with Crippen LogP contribution in [0.4, 0.5) is 20.2 Å². The monoisotopic (exact) mass is 630 g/mol. The third kappa shape index (κ3) is 6.75. The summed E-state index contributed by atoms with van der Waals surface area (Å²) in [5.74, 6) is -3.69. The van der Waals surface area contributed by atoms with Crippen molar-refractivity contribution >= 4 is 38.9 Å². The Balaban J connectivity index is 1.84. The number of likely N-dealkylation sites (tertiary alicyclic amines) is 1. The number of carbonyl (C=O) groups excluding carboxylic acids is 3. The van der Waals surface area contributed by atoms with Gasteiger partial charge in [-0.2, -0.15) is 0 Å². The molecule has 3 aromatic carbocycles. The number of halogens is 2. The highest BCUT2D eigenvalue weighted by Gasteiger charge is 2.37. The van der Waals surface area contributed by atoms with Gasteiger partial charge in [-0.1, -0.05) is 6.07 Å². The fourth-order valence-corrected chi connectivity index (χ4v) is 6.21. The summed E-state index contributed by atoms with van der Waals surface area (Å²) in [6.45, 7) is 1.54. The molecule has 0 spiro atoms. The first-order valence-corrected chi connectivity index (χ1v) is 15.3. The smallest absolute Gasteiger partial charge is 0.251 e. The number of ether oxygens (including phenoxy) is 2. The number of methoxy groups -OCH3 is 2. The van der Waals surface area contributed by atoms with E-state index in [1.165, 1.54) is 50.3 Å². The average Bonchev–Trinajstić information content (AvgIpc) is 3.45. The molecular formula is C30H32F2N4O7S. The zero-order valence-corrected chi connectivity index (χ0v) is 25.3. The first kappa shape index (κ1) is 32.2. The van der Waals surface area contributed by atoms with Gasteiger partial charge in [0.25, 0.3) is 5.91 Å². The van der Waals surface area contributed by atoms with Crippen molar-refractivity contribution < 1.29 is 41.1 Å². The van der Waals surface area contributed by atoms with Crippen molar-refractivity contribution in [3.05, 3.63) is 76.9 Å². The second-order valence-electron chi connectivity index (χ2n) is 10.3. The molecule has 44 heavy (non-hydrogen) atoms. The number of nitrogens with two attached hydrogens (primary N) is 1. The highest BCUT2D eigenvalue weighted by molar-refractivity contribution is 7.90. The van der Waals surface area contributed by atoms with E-state index in [-0.39, 0.29) is 28.8 Å². The van der Waals surface area contributed by atoms with E-state index in [0.29, 0.717) is 41.5 Å². The van der Waals surface area contributed by atoms with E-state index < -0.39 is 50.9 Å². The fraction of sp³-hybridized carbons (Fsp3) is 0.300. The minimum Gasteiger partial charge on any atom is -0.493 e. The number of hydrogen-bond acceptors (Lipinski definition) is 8. The van der Waals surface area contributed by atoms with E-state index in [1.807, 2.05) is 0 Å². The van der Waals surface area contributed by atoms with Crippen LogP contribution in [-0.4, -0.2) is 58.1 Å². The Kier molecular flexibility index (Phi) is 9.42. The molecule has 4 rings (SSSR count). The van der Waals surface area contributed by atoms with E-state index in [0.717, 1.165) is 12.3 Å². The van der Waals surface area contributed by atoms with Crippen molar-refractivity contribution in [2.24, 2.45) is 5.73 Å². The Hall–Kier alpha value is -4.72. The maximum absolute atomic E-state index is 15.0. The Morgan fingerprint density at radius 1 is 1.00 bits per heavy atom. The van der Waals surface area contributed by atoms with Gasteiger partial charge in [0.1, 0.15) is 17.7 Å². The van der Waals surface area contributed by atoms with Crippen LogP contribution in [0.1, 0.15) is 53.3 Å². The molecule has 11 nitrogen and oxygen atoms in total. The molecule has 4 N–H and O–H groups in total. The van der Waals surface area contributed by atoms with Crippen molar-refractivity contribution in [2.45, 2.75) is 36.7 Å². The molecule has 1 fully saturated rings. The van der Waals surface area contributed by atoms with Gasteiger partial charge < -0.3 is 30.7 Å². The standard InChI is InChI=1S/C30H32F2N4O7S/c1-16(37)34-18-8-10-27(44(4,40)41)20(13-18)24-6-5-11-36(24)30(39)28(17-7-9-25(42-2)26(12-17)43-3)35-23-14-19(29(33)38)21(31)15-22(23)32/h7-10,12-15,24,28,35H,5-6,11H2,1-4H3,(H2,33,38)(H,34,37)/t24-,28-/m1/s1. The van der Waals surface area contributed by atoms with Gasteiger partial charge in [0.15, 0.2) is 21.3 Å². The summed E-state index contributed by atoms with van der Waals surface area (Å²) in [7, 11) is -0.921. The SMILES string of the molecule is COc1ccc([C@@H](Nc2cc(C(N)=O)c(F)cc2F)C(=O)N2CCC[C@@H]2c2cc(NC(C)=O)ccc2S(C)(=O)=O)cc1OC. The minimum atomic E-state index is -3.75. The van der Waals surface area contributed by atoms with Crippen molar-refractivity contribution in [3.8, 4) is 11.5 Å². The molecule has 234 valence electrons. The number of amides is 3. The second-order valence-corrected chi connectivity index (χ2v) is 12.2. The van der Waals surface area contributed by atoms with Gasteiger partial charge in [-0.25, -0.2) is 17.2 Å². The molecule has 1 aliphatic heterocycles. The summed E-state index contributed by atoms with van der Waals surface area (Å²) in [6.07, 6.45) is 1.96. The number of nitrogens with one attached hydrogen (secondary N) is 2. The van der Waals surface area contributed by atoms with E-state index in [9.17, 15) is 27.2 Å². The highest BCUT2D eigenvalue weighted by atomic mass is 32.2. The van der Waals surface area contributed by atoms with E-state index in [2.05, 4.69) is 10.6 Å². The lowest BCUT2D eigenvalue weighted by Crippen LogP contribution is -2.38. The van der Waals surface area contributed by atoms with Crippen LogP contribution in [0.5, 0.6) is 11.5 Å². The maximum Gasteiger partial charge on any atom is 0.251 e. The van der Waals surface area contributed by atoms with Crippen LogP contribution in [0.2, 0.25) is 0 Å². The van der Waals surface area contributed by atoms with Gasteiger partial charge >= 0.3 is 0 Å². The number of nitrogens with zero attached hydrogens (tertiary/aromatic N) is 1. The van der Waals surface area contributed by atoms with Crippen LogP contribution in [0.3, 0.4) is 0 Å². The molecule has 2 atom stereocenters. The summed E-state index contributed by atoms with van der Waals surface area (Å²) < 4.78 is 65.5. The summed E-state index contributed by atoms with van der Waals surface area (Å²) >= 11 is 0. The number of anilines is 2. The van der Waals surface area contributed by atoms with Gasteiger partial charge in [0.05, 0.1) is 36.4 Å². The average molecular weight is 631 g/mol. The molecule has 0 aromatic heterocycles. The van der Waals surface area contributed by atoms with Crippen LogP contribution in [0.15, 0.2) is 53.4 Å². The van der Waals surface area contributed by atoms with Crippen LogP contribution in [0, 0.1) is 11.6 Å². The molecule has 0 unspecified atom stereocenters. The van der Waals surface area contributed by atoms with Gasteiger partial charge in [0.2, 0.25) is 11.8 Å². The highest BCUT2D eigenvalue weighted by Crippen LogP contribution is 2.40. The molecular weight excluding hydrogens is 598 g/mol. The zero-order valence-electron chi connectivity index (χ0n) is 24.4. The summed E-state index contributed by atoms with van der Waals surface area (Å²) in [5.41, 5.74) is 5.27. The van der Waals surface area contributed by atoms with Crippen molar-refractivity contribution in [1.82, 2.24) is 4.90 Å². The molecule has 3 aromatic rings. The first-order chi connectivity index (χ1) is 20.7. The van der Waals surface area contributed by atoms with E-state index in [4.69, 9.17) is 15.2 Å². The first-order valence-electron chi connectivity index (χ1n) is 13.4. The predicted molar refractivity (Wildman–Crippen MR) is 158 cm³/mol. The summed E-state index contributed by atoms with van der Waals surface area (Å²) in [4.78, 5) is 39.4. The predicted octanol–water partition coefficient (Wildman–Crippen LogP) is 3.96. The zero-order chi connectivity index (χ0) is 32.3. The Morgan fingerprint density at radius 2 is 1.70 bits per heavy atom. The molecule has 1 saturated heterocycles. The van der Waals surface area contributed by atoms with Crippen molar-refractivity contribution in [3.63, 3.8) is 0 Å². The molecule has 1 aliphatic rings. The molecule has 3 amide bonds. The topological polar surface area (TPSA) is 157 Å². The van der Waals surface area contributed by atoms with E-state index in [1.54, 1.807) is 12.1 Å². The van der Waals surface area contributed by atoms with Gasteiger partial charge in [0, 0.05) is 31.5 Å². The van der Waals surface area contributed by atoms with Crippen LogP contribution in [-0.2, 0) is 19.4 Å².